The SMILES string of the molecule is COc1ccc(Nc2nccc(N3CCN(c4cccc(Cl)c4)CC3)n2)cc1. The van der Waals surface area contributed by atoms with E-state index in [1.807, 2.05) is 48.5 Å². The summed E-state index contributed by atoms with van der Waals surface area (Å²) in [4.78, 5) is 13.6. The Balaban J connectivity index is 1.40. The summed E-state index contributed by atoms with van der Waals surface area (Å²) in [5.74, 6) is 2.33. The van der Waals surface area contributed by atoms with Crippen LogP contribution >= 0.6 is 11.6 Å². The molecule has 7 heteroatoms. The minimum Gasteiger partial charge on any atom is -0.497 e. The van der Waals surface area contributed by atoms with E-state index in [1.54, 1.807) is 13.3 Å². The Morgan fingerprint density at radius 3 is 2.43 bits per heavy atom. The van der Waals surface area contributed by atoms with Gasteiger partial charge in [0.1, 0.15) is 11.6 Å². The molecule has 2 aromatic carbocycles. The molecule has 3 aromatic rings. The summed E-state index contributed by atoms with van der Waals surface area (Å²) < 4.78 is 5.19. The van der Waals surface area contributed by atoms with Gasteiger partial charge in [0.2, 0.25) is 5.95 Å². The van der Waals surface area contributed by atoms with E-state index < -0.39 is 0 Å². The van der Waals surface area contributed by atoms with Gasteiger partial charge in [-0.2, -0.15) is 4.98 Å². The maximum absolute atomic E-state index is 6.12. The van der Waals surface area contributed by atoms with Gasteiger partial charge >= 0.3 is 0 Å². The van der Waals surface area contributed by atoms with Gasteiger partial charge in [0.25, 0.3) is 0 Å². The minimum atomic E-state index is 0.583. The largest absolute Gasteiger partial charge is 0.497 e. The van der Waals surface area contributed by atoms with E-state index >= 15 is 0 Å². The summed E-state index contributed by atoms with van der Waals surface area (Å²) in [6, 6.07) is 17.7. The van der Waals surface area contributed by atoms with Crippen molar-refractivity contribution >= 4 is 34.7 Å². The zero-order chi connectivity index (χ0) is 19.3. The molecule has 0 atom stereocenters. The molecule has 0 amide bonds. The van der Waals surface area contributed by atoms with E-state index in [0.29, 0.717) is 5.95 Å². The molecule has 6 nitrogen and oxygen atoms in total. The lowest BCUT2D eigenvalue weighted by Crippen LogP contribution is -2.46. The molecule has 144 valence electrons. The smallest absolute Gasteiger partial charge is 0.229 e. The van der Waals surface area contributed by atoms with Crippen molar-refractivity contribution in [3.05, 3.63) is 65.8 Å². The highest BCUT2D eigenvalue weighted by Crippen LogP contribution is 2.23. The van der Waals surface area contributed by atoms with E-state index in [4.69, 9.17) is 16.3 Å². The normalized spacial score (nSPS) is 14.1. The summed E-state index contributed by atoms with van der Waals surface area (Å²) in [5.41, 5.74) is 2.08. The first-order valence-electron chi connectivity index (χ1n) is 9.21. The first-order valence-corrected chi connectivity index (χ1v) is 9.59. The number of hydrogen-bond acceptors (Lipinski definition) is 6. The number of rotatable bonds is 5. The van der Waals surface area contributed by atoms with Crippen LogP contribution in [-0.2, 0) is 0 Å². The lowest BCUT2D eigenvalue weighted by molar-refractivity contribution is 0.415. The first-order chi connectivity index (χ1) is 13.7. The van der Waals surface area contributed by atoms with Gasteiger partial charge < -0.3 is 19.9 Å². The highest BCUT2D eigenvalue weighted by Gasteiger charge is 2.19. The molecule has 2 heterocycles. The number of anilines is 4. The van der Waals surface area contributed by atoms with Crippen molar-refractivity contribution in [2.45, 2.75) is 0 Å². The third kappa shape index (κ3) is 4.28. The van der Waals surface area contributed by atoms with E-state index in [-0.39, 0.29) is 0 Å². The predicted molar refractivity (Wildman–Crippen MR) is 114 cm³/mol. The van der Waals surface area contributed by atoms with Gasteiger partial charge in [-0.3, -0.25) is 0 Å². The Bertz CT molecular complexity index is 926. The van der Waals surface area contributed by atoms with Crippen molar-refractivity contribution in [2.75, 3.05) is 48.4 Å². The summed E-state index contributed by atoms with van der Waals surface area (Å²) in [6.07, 6.45) is 1.79. The number of halogens is 1. The number of aromatic nitrogens is 2. The molecule has 0 bridgehead atoms. The van der Waals surface area contributed by atoms with Crippen molar-refractivity contribution in [1.82, 2.24) is 9.97 Å². The highest BCUT2D eigenvalue weighted by atomic mass is 35.5. The molecule has 1 N–H and O–H groups in total. The fraction of sp³-hybridized carbons (Fsp3) is 0.238. The van der Waals surface area contributed by atoms with Crippen molar-refractivity contribution < 1.29 is 4.74 Å². The van der Waals surface area contributed by atoms with Crippen LogP contribution in [0, 0.1) is 0 Å². The van der Waals surface area contributed by atoms with E-state index in [9.17, 15) is 0 Å². The monoisotopic (exact) mass is 395 g/mol. The lowest BCUT2D eigenvalue weighted by Gasteiger charge is -2.36. The molecule has 0 saturated carbocycles. The zero-order valence-corrected chi connectivity index (χ0v) is 16.4. The molecule has 1 aliphatic rings. The van der Waals surface area contributed by atoms with Crippen molar-refractivity contribution in [3.8, 4) is 5.75 Å². The number of nitrogens with one attached hydrogen (secondary N) is 1. The molecular formula is C21H22ClN5O. The minimum absolute atomic E-state index is 0.583. The topological polar surface area (TPSA) is 53.5 Å². The quantitative estimate of drug-likeness (QED) is 0.698. The Morgan fingerprint density at radius 1 is 0.964 bits per heavy atom. The van der Waals surface area contributed by atoms with Crippen LogP contribution in [0.5, 0.6) is 5.75 Å². The van der Waals surface area contributed by atoms with Crippen LogP contribution < -0.4 is 19.9 Å². The molecule has 0 radical (unpaired) electrons. The molecule has 28 heavy (non-hydrogen) atoms. The van der Waals surface area contributed by atoms with Gasteiger partial charge in [0, 0.05) is 48.8 Å². The van der Waals surface area contributed by atoms with Crippen LogP contribution in [0.1, 0.15) is 0 Å². The van der Waals surface area contributed by atoms with Gasteiger partial charge in [-0.05, 0) is 48.5 Å². The van der Waals surface area contributed by atoms with Gasteiger partial charge in [0.05, 0.1) is 7.11 Å². The fourth-order valence-corrected chi connectivity index (χ4v) is 3.44. The van der Waals surface area contributed by atoms with E-state index in [0.717, 1.165) is 54.1 Å². The second kappa shape index (κ2) is 8.35. The average molecular weight is 396 g/mol. The van der Waals surface area contributed by atoms with E-state index in [2.05, 4.69) is 31.2 Å². The second-order valence-corrected chi connectivity index (χ2v) is 6.98. The predicted octanol–water partition coefficient (Wildman–Crippen LogP) is 4.21. The zero-order valence-electron chi connectivity index (χ0n) is 15.7. The van der Waals surface area contributed by atoms with Crippen LogP contribution in [0.25, 0.3) is 0 Å². The summed E-state index contributed by atoms with van der Waals surface area (Å²) in [5, 5.41) is 4.01. The van der Waals surface area contributed by atoms with Crippen LogP contribution in [-0.4, -0.2) is 43.3 Å². The number of ether oxygens (including phenoxy) is 1. The average Bonchev–Trinajstić information content (AvgIpc) is 2.75. The molecular weight excluding hydrogens is 374 g/mol. The summed E-state index contributed by atoms with van der Waals surface area (Å²) in [7, 11) is 1.65. The van der Waals surface area contributed by atoms with Crippen LogP contribution in [0.4, 0.5) is 23.1 Å². The third-order valence-electron chi connectivity index (χ3n) is 4.76. The molecule has 1 aliphatic heterocycles. The first kappa shape index (κ1) is 18.4. The van der Waals surface area contributed by atoms with E-state index in [1.165, 1.54) is 0 Å². The van der Waals surface area contributed by atoms with Crippen molar-refractivity contribution in [1.29, 1.82) is 0 Å². The Morgan fingerprint density at radius 2 is 1.71 bits per heavy atom. The third-order valence-corrected chi connectivity index (χ3v) is 5.00. The second-order valence-electron chi connectivity index (χ2n) is 6.55. The highest BCUT2D eigenvalue weighted by molar-refractivity contribution is 6.30. The summed E-state index contributed by atoms with van der Waals surface area (Å²) >= 11 is 6.12. The fourth-order valence-electron chi connectivity index (χ4n) is 3.26. The molecule has 0 spiro atoms. The molecule has 1 saturated heterocycles. The number of benzene rings is 2. The Hall–Kier alpha value is -2.99. The molecule has 1 aromatic heterocycles. The Kier molecular flexibility index (Phi) is 5.48. The molecule has 0 unspecified atom stereocenters. The molecule has 0 aliphatic carbocycles. The van der Waals surface area contributed by atoms with Crippen molar-refractivity contribution in [3.63, 3.8) is 0 Å². The van der Waals surface area contributed by atoms with Gasteiger partial charge in [-0.25, -0.2) is 4.98 Å². The van der Waals surface area contributed by atoms with Crippen LogP contribution in [0.3, 0.4) is 0 Å². The maximum atomic E-state index is 6.12. The number of methoxy groups -OCH3 is 1. The number of hydrogen-bond donors (Lipinski definition) is 1. The molecule has 1 fully saturated rings. The lowest BCUT2D eigenvalue weighted by atomic mass is 10.2. The Labute approximate surface area is 169 Å². The van der Waals surface area contributed by atoms with Gasteiger partial charge in [-0.1, -0.05) is 17.7 Å². The van der Waals surface area contributed by atoms with Crippen LogP contribution in [0.2, 0.25) is 5.02 Å². The van der Waals surface area contributed by atoms with Gasteiger partial charge in [-0.15, -0.1) is 0 Å². The van der Waals surface area contributed by atoms with Crippen LogP contribution in [0.15, 0.2) is 60.8 Å². The van der Waals surface area contributed by atoms with Crippen molar-refractivity contribution in [2.24, 2.45) is 0 Å². The molecule has 4 rings (SSSR count). The maximum Gasteiger partial charge on any atom is 0.229 e. The summed E-state index contributed by atoms with van der Waals surface area (Å²) in [6.45, 7) is 3.63. The number of piperazine rings is 1. The van der Waals surface area contributed by atoms with Gasteiger partial charge in [0.15, 0.2) is 0 Å². The number of nitrogens with zero attached hydrogens (tertiary/aromatic N) is 4. The standard InChI is InChI=1S/C21H22ClN5O/c1-28-19-7-5-17(6-8-19)24-21-23-10-9-20(25-21)27-13-11-26(12-14-27)18-4-2-3-16(22)15-18/h2-10,15H,11-14H2,1H3,(H,23,24,25).